The number of hydrogen-bond donors (Lipinski definition) is 1. The monoisotopic (exact) mass is 248 g/mol. The van der Waals surface area contributed by atoms with Crippen molar-refractivity contribution in [1.82, 2.24) is 0 Å². The van der Waals surface area contributed by atoms with Gasteiger partial charge in [-0.1, -0.05) is 6.92 Å². The molecule has 0 aliphatic carbocycles. The fraction of sp³-hybridized carbons (Fsp3) is 0.385. The topological polar surface area (TPSA) is 71.4 Å². The molecule has 0 aliphatic rings. The Kier molecular flexibility index (Phi) is 5.00. The second-order valence-electron chi connectivity index (χ2n) is 3.68. The van der Waals surface area contributed by atoms with Gasteiger partial charge in [0.2, 0.25) is 5.91 Å². The van der Waals surface area contributed by atoms with Crippen molar-refractivity contribution in [3.63, 3.8) is 0 Å². The molecule has 0 bridgehead atoms. The molecule has 1 N–H and O–H groups in total. The molecule has 0 fully saturated rings. The zero-order valence-corrected chi connectivity index (χ0v) is 10.7. The van der Waals surface area contributed by atoms with Crippen LogP contribution in [0.25, 0.3) is 0 Å². The highest BCUT2D eigenvalue weighted by Gasteiger charge is 2.16. The first-order valence-electron chi connectivity index (χ1n) is 5.58. The lowest BCUT2D eigenvalue weighted by molar-refractivity contribution is -0.118. The average Bonchev–Trinajstić information content (AvgIpc) is 2.39. The molecule has 1 unspecified atom stereocenters. The number of carbonyl (C=O) groups excluding carboxylic acids is 1. The molecule has 1 atom stereocenters. The van der Waals surface area contributed by atoms with E-state index in [1.54, 1.807) is 25.1 Å². The summed E-state index contributed by atoms with van der Waals surface area (Å²) in [5.41, 5.74) is 0.546. The Hall–Kier alpha value is -2.22. The van der Waals surface area contributed by atoms with Gasteiger partial charge >= 0.3 is 0 Å². The van der Waals surface area contributed by atoms with Crippen molar-refractivity contribution < 1.29 is 14.3 Å². The minimum atomic E-state index is -0.651. The molecule has 1 amide bonds. The summed E-state index contributed by atoms with van der Waals surface area (Å²) in [4.78, 5) is 11.8. The van der Waals surface area contributed by atoms with Gasteiger partial charge in [-0.05, 0) is 6.42 Å². The first-order chi connectivity index (χ1) is 8.64. The number of carbonyl (C=O) groups is 1. The predicted octanol–water partition coefficient (Wildman–Crippen LogP) is 2.19. The number of methoxy groups -OCH3 is 2. The van der Waals surface area contributed by atoms with Gasteiger partial charge in [0, 0.05) is 23.9 Å². The Morgan fingerprint density at radius 3 is 2.28 bits per heavy atom. The lowest BCUT2D eigenvalue weighted by atomic mass is 10.1. The van der Waals surface area contributed by atoms with E-state index in [2.05, 4.69) is 5.32 Å². The van der Waals surface area contributed by atoms with E-state index >= 15 is 0 Å². The third-order valence-electron chi connectivity index (χ3n) is 2.50. The van der Waals surface area contributed by atoms with E-state index in [0.29, 0.717) is 23.6 Å². The molecule has 5 nitrogen and oxygen atoms in total. The van der Waals surface area contributed by atoms with Crippen molar-refractivity contribution in [2.45, 2.75) is 13.3 Å². The highest BCUT2D eigenvalue weighted by molar-refractivity contribution is 5.94. The molecule has 18 heavy (non-hydrogen) atoms. The third kappa shape index (κ3) is 3.39. The first kappa shape index (κ1) is 13.8. The van der Waals surface area contributed by atoms with E-state index in [-0.39, 0.29) is 5.91 Å². The molecule has 1 aromatic rings. The van der Waals surface area contributed by atoms with Crippen LogP contribution in [-0.2, 0) is 4.79 Å². The van der Waals surface area contributed by atoms with Crippen LogP contribution in [0.5, 0.6) is 11.5 Å². The Morgan fingerprint density at radius 2 is 1.89 bits per heavy atom. The van der Waals surface area contributed by atoms with E-state index in [4.69, 9.17) is 14.7 Å². The molecule has 1 rings (SSSR count). The molecule has 0 aromatic heterocycles. The number of benzene rings is 1. The highest BCUT2D eigenvalue weighted by atomic mass is 16.5. The first-order valence-corrected chi connectivity index (χ1v) is 5.58. The van der Waals surface area contributed by atoms with Crippen LogP contribution in [0.15, 0.2) is 18.2 Å². The zero-order chi connectivity index (χ0) is 13.5. The zero-order valence-electron chi connectivity index (χ0n) is 10.7. The number of nitrogens with zero attached hydrogens (tertiary/aromatic N) is 1. The Morgan fingerprint density at radius 1 is 1.33 bits per heavy atom. The van der Waals surface area contributed by atoms with Crippen LogP contribution in [0.4, 0.5) is 5.69 Å². The van der Waals surface area contributed by atoms with Crippen molar-refractivity contribution in [2.24, 2.45) is 5.92 Å². The number of hydrogen-bond acceptors (Lipinski definition) is 4. The maximum absolute atomic E-state index is 11.8. The van der Waals surface area contributed by atoms with Crippen LogP contribution in [0.3, 0.4) is 0 Å². The highest BCUT2D eigenvalue weighted by Crippen LogP contribution is 2.26. The quantitative estimate of drug-likeness (QED) is 0.867. The summed E-state index contributed by atoms with van der Waals surface area (Å²) in [6.07, 6.45) is 0.476. The van der Waals surface area contributed by atoms with Gasteiger partial charge in [0.25, 0.3) is 0 Å². The van der Waals surface area contributed by atoms with Crippen LogP contribution >= 0.6 is 0 Å². The van der Waals surface area contributed by atoms with Crippen molar-refractivity contribution in [1.29, 1.82) is 5.26 Å². The maximum atomic E-state index is 11.8. The van der Waals surface area contributed by atoms with Gasteiger partial charge in [0.1, 0.15) is 17.4 Å². The third-order valence-corrected chi connectivity index (χ3v) is 2.50. The van der Waals surface area contributed by atoms with Crippen LogP contribution in [0, 0.1) is 17.2 Å². The lowest BCUT2D eigenvalue weighted by Gasteiger charge is -2.11. The molecule has 0 saturated heterocycles. The SMILES string of the molecule is CCC(C#N)C(=O)Nc1cc(OC)cc(OC)c1. The summed E-state index contributed by atoms with van der Waals surface area (Å²) in [6, 6.07) is 7.00. The largest absolute Gasteiger partial charge is 0.497 e. The smallest absolute Gasteiger partial charge is 0.241 e. The number of rotatable bonds is 5. The van der Waals surface area contributed by atoms with Crippen molar-refractivity contribution >= 4 is 11.6 Å². The number of ether oxygens (including phenoxy) is 2. The normalized spacial score (nSPS) is 11.2. The van der Waals surface area contributed by atoms with Crippen molar-refractivity contribution in [3.8, 4) is 17.6 Å². The van der Waals surface area contributed by atoms with Gasteiger partial charge in [-0.3, -0.25) is 4.79 Å². The number of amides is 1. The van der Waals surface area contributed by atoms with Crippen molar-refractivity contribution in [3.05, 3.63) is 18.2 Å². The molecule has 1 aromatic carbocycles. The van der Waals surface area contributed by atoms with E-state index in [0.717, 1.165) is 0 Å². The summed E-state index contributed by atoms with van der Waals surface area (Å²) in [6.45, 7) is 1.79. The maximum Gasteiger partial charge on any atom is 0.241 e. The lowest BCUT2D eigenvalue weighted by Crippen LogP contribution is -2.20. The molecule has 0 saturated carbocycles. The summed E-state index contributed by atoms with van der Waals surface area (Å²) in [5, 5.41) is 11.5. The Balaban J connectivity index is 2.90. The molecular formula is C13H16N2O3. The predicted molar refractivity (Wildman–Crippen MR) is 67.6 cm³/mol. The summed E-state index contributed by atoms with van der Waals surface area (Å²) in [7, 11) is 3.06. The second kappa shape index (κ2) is 6.50. The fourth-order valence-corrected chi connectivity index (χ4v) is 1.44. The minimum absolute atomic E-state index is 0.324. The van der Waals surface area contributed by atoms with Gasteiger partial charge < -0.3 is 14.8 Å². The summed E-state index contributed by atoms with van der Waals surface area (Å²) >= 11 is 0. The fourth-order valence-electron chi connectivity index (χ4n) is 1.44. The van der Waals surface area contributed by atoms with Gasteiger partial charge in [-0.2, -0.15) is 5.26 Å². The number of nitriles is 1. The Labute approximate surface area is 106 Å². The van der Waals surface area contributed by atoms with Crippen molar-refractivity contribution in [2.75, 3.05) is 19.5 Å². The van der Waals surface area contributed by atoms with Gasteiger partial charge in [0.15, 0.2) is 0 Å². The molecule has 0 spiro atoms. The van der Waals surface area contributed by atoms with Gasteiger partial charge in [0.05, 0.1) is 20.3 Å². The van der Waals surface area contributed by atoms with E-state index in [9.17, 15) is 4.79 Å². The van der Waals surface area contributed by atoms with E-state index < -0.39 is 5.92 Å². The van der Waals surface area contributed by atoms with Gasteiger partial charge in [-0.15, -0.1) is 0 Å². The molecule has 96 valence electrons. The second-order valence-corrected chi connectivity index (χ2v) is 3.68. The van der Waals surface area contributed by atoms with Crippen LogP contribution < -0.4 is 14.8 Å². The van der Waals surface area contributed by atoms with Gasteiger partial charge in [-0.25, -0.2) is 0 Å². The summed E-state index contributed by atoms with van der Waals surface area (Å²) in [5.74, 6) is 0.182. The molecular weight excluding hydrogens is 232 g/mol. The molecule has 0 heterocycles. The number of anilines is 1. The van der Waals surface area contributed by atoms with Crippen LogP contribution in [0.2, 0.25) is 0 Å². The number of nitrogens with one attached hydrogen (secondary N) is 1. The molecule has 0 aliphatic heterocycles. The van der Waals surface area contributed by atoms with E-state index in [1.165, 1.54) is 14.2 Å². The summed E-state index contributed by atoms with van der Waals surface area (Å²) < 4.78 is 10.2. The Bertz CT molecular complexity index is 444. The van der Waals surface area contributed by atoms with Crippen LogP contribution in [-0.4, -0.2) is 20.1 Å². The average molecular weight is 248 g/mol. The van der Waals surface area contributed by atoms with Crippen LogP contribution in [0.1, 0.15) is 13.3 Å². The standard InChI is InChI=1S/C13H16N2O3/c1-4-9(8-14)13(16)15-10-5-11(17-2)7-12(6-10)18-3/h5-7,9H,4H2,1-3H3,(H,15,16). The molecule has 0 radical (unpaired) electrons. The van der Waals surface area contributed by atoms with E-state index in [1.807, 2.05) is 6.07 Å². The minimum Gasteiger partial charge on any atom is -0.497 e. The molecule has 5 heteroatoms.